The minimum atomic E-state index is -0.599. The largest absolute Gasteiger partial charge is 0.489 e. The molecular formula is C17H28N2O2. The van der Waals surface area contributed by atoms with Crippen LogP contribution in [0.3, 0.4) is 0 Å². The normalized spacial score (nSPS) is 25.9. The number of anilines is 2. The Morgan fingerprint density at radius 1 is 1.48 bits per heavy atom. The number of nitrogen functional groups attached to an aromatic ring is 1. The Bertz CT molecular complexity index is 476. The molecule has 0 saturated heterocycles. The van der Waals surface area contributed by atoms with Crippen molar-refractivity contribution in [2.24, 2.45) is 5.92 Å². The number of rotatable bonds is 5. The molecule has 0 radical (unpaired) electrons. The standard InChI is InChI=1S/C17H28N2O2/c1-12(2)21-16-9-14(6-7-15(16)18)19-11-17(20)8-4-5-13(3)10-17/h6-7,9,12-13,19-20H,4-5,8,10-11,18H2,1-3H3. The second-order valence-electron chi connectivity index (χ2n) is 6.70. The fourth-order valence-electron chi connectivity index (χ4n) is 3.06. The van der Waals surface area contributed by atoms with Crippen molar-refractivity contribution in [2.45, 2.75) is 58.2 Å². The van der Waals surface area contributed by atoms with Crippen LogP contribution in [0.5, 0.6) is 5.75 Å². The highest BCUT2D eigenvalue weighted by molar-refractivity contribution is 5.61. The predicted octanol–water partition coefficient (Wildman–Crippen LogP) is 3.41. The lowest BCUT2D eigenvalue weighted by molar-refractivity contribution is -0.000768. The third kappa shape index (κ3) is 4.53. The summed E-state index contributed by atoms with van der Waals surface area (Å²) in [6.07, 6.45) is 4.14. The minimum Gasteiger partial charge on any atom is -0.489 e. The van der Waals surface area contributed by atoms with Gasteiger partial charge in [-0.2, -0.15) is 0 Å². The molecule has 0 heterocycles. The zero-order valence-corrected chi connectivity index (χ0v) is 13.4. The van der Waals surface area contributed by atoms with Crippen molar-refractivity contribution in [3.05, 3.63) is 18.2 Å². The van der Waals surface area contributed by atoms with E-state index >= 15 is 0 Å². The van der Waals surface area contributed by atoms with Crippen LogP contribution in [0.15, 0.2) is 18.2 Å². The average molecular weight is 292 g/mol. The Balaban J connectivity index is 1.99. The topological polar surface area (TPSA) is 67.5 Å². The molecule has 0 aliphatic heterocycles. The highest BCUT2D eigenvalue weighted by Crippen LogP contribution is 2.33. The summed E-state index contributed by atoms with van der Waals surface area (Å²) < 4.78 is 5.69. The fourth-order valence-corrected chi connectivity index (χ4v) is 3.06. The molecule has 0 amide bonds. The van der Waals surface area contributed by atoms with E-state index < -0.39 is 5.60 Å². The van der Waals surface area contributed by atoms with Gasteiger partial charge in [-0.15, -0.1) is 0 Å². The van der Waals surface area contributed by atoms with Gasteiger partial charge in [0.1, 0.15) is 5.75 Å². The summed E-state index contributed by atoms with van der Waals surface area (Å²) in [5, 5.41) is 14.0. The number of aliphatic hydroxyl groups is 1. The maximum Gasteiger partial charge on any atom is 0.144 e. The van der Waals surface area contributed by atoms with Crippen LogP contribution in [0.25, 0.3) is 0 Å². The van der Waals surface area contributed by atoms with Crippen molar-refractivity contribution >= 4 is 11.4 Å². The molecule has 1 aliphatic carbocycles. The van der Waals surface area contributed by atoms with Crippen molar-refractivity contribution in [3.8, 4) is 5.75 Å². The lowest BCUT2D eigenvalue weighted by Crippen LogP contribution is -2.41. The molecule has 1 aromatic carbocycles. The molecular weight excluding hydrogens is 264 g/mol. The minimum absolute atomic E-state index is 0.0888. The van der Waals surface area contributed by atoms with Gasteiger partial charge in [0.05, 0.1) is 17.4 Å². The first-order chi connectivity index (χ1) is 9.88. The zero-order chi connectivity index (χ0) is 15.5. The number of nitrogens with one attached hydrogen (secondary N) is 1. The Morgan fingerprint density at radius 3 is 2.90 bits per heavy atom. The highest BCUT2D eigenvalue weighted by atomic mass is 16.5. The molecule has 21 heavy (non-hydrogen) atoms. The molecule has 2 rings (SSSR count). The Hall–Kier alpha value is -1.42. The molecule has 4 nitrogen and oxygen atoms in total. The van der Waals surface area contributed by atoms with Gasteiger partial charge in [0.25, 0.3) is 0 Å². The second kappa shape index (κ2) is 6.56. The van der Waals surface area contributed by atoms with E-state index in [0.29, 0.717) is 23.9 Å². The van der Waals surface area contributed by atoms with E-state index in [0.717, 1.165) is 24.9 Å². The van der Waals surface area contributed by atoms with Crippen molar-refractivity contribution in [1.82, 2.24) is 0 Å². The van der Waals surface area contributed by atoms with Crippen LogP contribution in [-0.4, -0.2) is 23.4 Å². The Morgan fingerprint density at radius 2 is 2.24 bits per heavy atom. The zero-order valence-electron chi connectivity index (χ0n) is 13.4. The van der Waals surface area contributed by atoms with Gasteiger partial charge in [0, 0.05) is 18.3 Å². The van der Waals surface area contributed by atoms with Crippen LogP contribution < -0.4 is 15.8 Å². The van der Waals surface area contributed by atoms with E-state index in [-0.39, 0.29) is 6.10 Å². The maximum atomic E-state index is 10.7. The van der Waals surface area contributed by atoms with Gasteiger partial charge in [-0.25, -0.2) is 0 Å². The fraction of sp³-hybridized carbons (Fsp3) is 0.647. The molecule has 118 valence electrons. The van der Waals surface area contributed by atoms with E-state index in [2.05, 4.69) is 12.2 Å². The van der Waals surface area contributed by atoms with E-state index in [1.807, 2.05) is 32.0 Å². The predicted molar refractivity (Wildman–Crippen MR) is 87.7 cm³/mol. The van der Waals surface area contributed by atoms with Gasteiger partial charge in [-0.3, -0.25) is 0 Å². The number of hydrogen-bond acceptors (Lipinski definition) is 4. The van der Waals surface area contributed by atoms with Gasteiger partial charge < -0.3 is 20.9 Å². The molecule has 4 heteroatoms. The first-order valence-electron chi connectivity index (χ1n) is 7.90. The molecule has 2 unspecified atom stereocenters. The lowest BCUT2D eigenvalue weighted by atomic mass is 9.79. The second-order valence-corrected chi connectivity index (χ2v) is 6.70. The molecule has 1 aliphatic rings. The van der Waals surface area contributed by atoms with Crippen molar-refractivity contribution in [1.29, 1.82) is 0 Å². The molecule has 0 bridgehead atoms. The van der Waals surface area contributed by atoms with Crippen LogP contribution >= 0.6 is 0 Å². The molecule has 0 aromatic heterocycles. The van der Waals surface area contributed by atoms with Gasteiger partial charge in [-0.05, 0) is 44.7 Å². The third-order valence-electron chi connectivity index (χ3n) is 4.07. The van der Waals surface area contributed by atoms with Crippen molar-refractivity contribution < 1.29 is 9.84 Å². The molecule has 1 saturated carbocycles. The first kappa shape index (κ1) is 16.0. The van der Waals surface area contributed by atoms with Crippen LogP contribution in [0, 0.1) is 5.92 Å². The van der Waals surface area contributed by atoms with Gasteiger partial charge in [0.2, 0.25) is 0 Å². The molecule has 0 spiro atoms. The van der Waals surface area contributed by atoms with Gasteiger partial charge >= 0.3 is 0 Å². The maximum absolute atomic E-state index is 10.7. The highest BCUT2D eigenvalue weighted by Gasteiger charge is 2.32. The summed E-state index contributed by atoms with van der Waals surface area (Å²) in [6, 6.07) is 5.68. The first-order valence-corrected chi connectivity index (χ1v) is 7.90. The average Bonchev–Trinajstić information content (AvgIpc) is 2.39. The SMILES string of the molecule is CC1CCCC(O)(CNc2ccc(N)c(OC(C)C)c2)C1. The number of ether oxygens (including phenoxy) is 1. The van der Waals surface area contributed by atoms with Crippen LogP contribution in [0.2, 0.25) is 0 Å². The summed E-state index contributed by atoms with van der Waals surface area (Å²) >= 11 is 0. The summed E-state index contributed by atoms with van der Waals surface area (Å²) in [5.74, 6) is 1.29. The van der Waals surface area contributed by atoms with E-state index in [1.54, 1.807) is 0 Å². The molecule has 4 N–H and O–H groups in total. The Kier molecular flexibility index (Phi) is 4.99. The third-order valence-corrected chi connectivity index (χ3v) is 4.07. The number of nitrogens with two attached hydrogens (primary N) is 1. The summed E-state index contributed by atoms with van der Waals surface area (Å²) in [5.41, 5.74) is 6.89. The number of hydrogen-bond donors (Lipinski definition) is 3. The smallest absolute Gasteiger partial charge is 0.144 e. The lowest BCUT2D eigenvalue weighted by Gasteiger charge is -2.36. The van der Waals surface area contributed by atoms with Crippen molar-refractivity contribution in [3.63, 3.8) is 0 Å². The summed E-state index contributed by atoms with van der Waals surface area (Å²) in [4.78, 5) is 0. The molecule has 1 fully saturated rings. The Labute approximate surface area is 127 Å². The number of benzene rings is 1. The van der Waals surface area contributed by atoms with Crippen LogP contribution in [0.1, 0.15) is 46.5 Å². The van der Waals surface area contributed by atoms with E-state index in [9.17, 15) is 5.11 Å². The summed E-state index contributed by atoms with van der Waals surface area (Å²) in [7, 11) is 0. The molecule has 2 atom stereocenters. The quantitative estimate of drug-likeness (QED) is 0.728. The van der Waals surface area contributed by atoms with Gasteiger partial charge in [-0.1, -0.05) is 19.8 Å². The molecule has 1 aromatic rings. The van der Waals surface area contributed by atoms with Gasteiger partial charge in [0.15, 0.2) is 0 Å². The summed E-state index contributed by atoms with van der Waals surface area (Å²) in [6.45, 7) is 6.74. The van der Waals surface area contributed by atoms with E-state index in [4.69, 9.17) is 10.5 Å². The monoisotopic (exact) mass is 292 g/mol. The van der Waals surface area contributed by atoms with E-state index in [1.165, 1.54) is 6.42 Å². The van der Waals surface area contributed by atoms with Crippen LogP contribution in [0.4, 0.5) is 11.4 Å². The van der Waals surface area contributed by atoms with Crippen molar-refractivity contribution in [2.75, 3.05) is 17.6 Å². The van der Waals surface area contributed by atoms with Crippen LogP contribution in [-0.2, 0) is 0 Å².